The van der Waals surface area contributed by atoms with Crippen LogP contribution in [0.4, 0.5) is 0 Å². The van der Waals surface area contributed by atoms with Crippen LogP contribution in [0.1, 0.15) is 12.5 Å². The Bertz CT molecular complexity index is 711. The van der Waals surface area contributed by atoms with E-state index < -0.39 is 35.2 Å². The van der Waals surface area contributed by atoms with Gasteiger partial charge in [-0.1, -0.05) is 0 Å². The number of H-pyrrole nitrogens is 1. The van der Waals surface area contributed by atoms with Gasteiger partial charge in [-0.05, 0) is 13.8 Å². The highest BCUT2D eigenvalue weighted by Crippen LogP contribution is 2.37. The van der Waals surface area contributed by atoms with Crippen LogP contribution < -0.4 is 16.6 Å². The van der Waals surface area contributed by atoms with Crippen molar-refractivity contribution in [3.8, 4) is 0 Å². The Kier molecular flexibility index (Phi) is 4.63. The molecule has 2 fully saturated rings. The van der Waals surface area contributed by atoms with Gasteiger partial charge in [0.25, 0.3) is 5.56 Å². The van der Waals surface area contributed by atoms with Gasteiger partial charge in [0.15, 0.2) is 5.72 Å². The maximum absolute atomic E-state index is 12.4. The van der Waals surface area contributed by atoms with Gasteiger partial charge < -0.3 is 20.3 Å². The molecule has 134 valence electrons. The monoisotopic (exact) mass is 340 g/mol. The number of aliphatic hydroxyl groups is 2. The van der Waals surface area contributed by atoms with E-state index in [2.05, 4.69) is 15.2 Å². The maximum Gasteiger partial charge on any atom is 0.330 e. The molecule has 0 aliphatic carbocycles. The highest BCUT2D eigenvalue weighted by Gasteiger charge is 2.55. The summed E-state index contributed by atoms with van der Waals surface area (Å²) in [5.74, 6) is 0. The molecule has 9 nitrogen and oxygen atoms in total. The molecule has 0 spiro atoms. The van der Waals surface area contributed by atoms with E-state index in [1.807, 2.05) is 0 Å². The minimum atomic E-state index is -1.20. The highest BCUT2D eigenvalue weighted by molar-refractivity contribution is 5.08. The van der Waals surface area contributed by atoms with Gasteiger partial charge in [0.2, 0.25) is 0 Å². The van der Waals surface area contributed by atoms with E-state index in [1.54, 1.807) is 13.8 Å². The molecule has 1 aromatic heterocycles. The molecule has 0 bridgehead atoms. The average molecular weight is 340 g/mol. The zero-order chi connectivity index (χ0) is 17.5. The van der Waals surface area contributed by atoms with Gasteiger partial charge in [-0.2, -0.15) is 0 Å². The molecule has 0 aromatic carbocycles. The molecule has 0 radical (unpaired) electrons. The Labute approximate surface area is 138 Å². The number of hydrogen-bond acceptors (Lipinski definition) is 7. The van der Waals surface area contributed by atoms with Crippen LogP contribution in [-0.4, -0.2) is 75.7 Å². The first kappa shape index (κ1) is 17.3. The topological polar surface area (TPSA) is 120 Å². The van der Waals surface area contributed by atoms with Gasteiger partial charge in [-0.25, -0.2) is 4.79 Å². The molecule has 1 unspecified atom stereocenters. The van der Waals surface area contributed by atoms with Crippen molar-refractivity contribution in [3.63, 3.8) is 0 Å². The normalized spacial score (nSPS) is 34.6. The first-order chi connectivity index (χ1) is 11.4. The van der Waals surface area contributed by atoms with E-state index in [0.717, 1.165) is 13.1 Å². The summed E-state index contributed by atoms with van der Waals surface area (Å²) in [4.78, 5) is 28.4. The summed E-state index contributed by atoms with van der Waals surface area (Å²) in [5, 5.41) is 23.5. The fourth-order valence-electron chi connectivity index (χ4n) is 3.72. The van der Waals surface area contributed by atoms with Crippen LogP contribution in [0, 0.1) is 6.92 Å². The SMILES string of the molecule is Cc1cn([C@]2(C)O[C@H](CO)[C@@H](O)C2N2CCNCC2)c(=O)[nH]c1=O. The molecule has 1 aromatic rings. The summed E-state index contributed by atoms with van der Waals surface area (Å²) < 4.78 is 7.23. The van der Waals surface area contributed by atoms with Gasteiger partial charge in [0.1, 0.15) is 12.2 Å². The predicted octanol–water partition coefficient (Wildman–Crippen LogP) is -2.46. The molecule has 2 saturated heterocycles. The summed E-state index contributed by atoms with van der Waals surface area (Å²) >= 11 is 0. The van der Waals surface area contributed by atoms with Crippen LogP contribution in [0.15, 0.2) is 15.8 Å². The van der Waals surface area contributed by atoms with Crippen molar-refractivity contribution in [3.05, 3.63) is 32.6 Å². The minimum absolute atomic E-state index is 0.351. The van der Waals surface area contributed by atoms with Crippen molar-refractivity contribution < 1.29 is 14.9 Å². The lowest BCUT2D eigenvalue weighted by atomic mass is 9.97. The molecule has 3 heterocycles. The van der Waals surface area contributed by atoms with E-state index >= 15 is 0 Å². The van der Waals surface area contributed by atoms with Crippen molar-refractivity contribution in [1.29, 1.82) is 0 Å². The fraction of sp³-hybridized carbons (Fsp3) is 0.733. The van der Waals surface area contributed by atoms with Gasteiger partial charge >= 0.3 is 5.69 Å². The molecule has 4 atom stereocenters. The number of nitrogens with one attached hydrogen (secondary N) is 2. The second kappa shape index (κ2) is 6.41. The largest absolute Gasteiger partial charge is 0.394 e. The molecule has 2 aliphatic rings. The zero-order valence-electron chi connectivity index (χ0n) is 13.9. The lowest BCUT2D eigenvalue weighted by Crippen LogP contribution is -2.61. The molecule has 0 amide bonds. The fourth-order valence-corrected chi connectivity index (χ4v) is 3.72. The smallest absolute Gasteiger partial charge is 0.330 e. The van der Waals surface area contributed by atoms with Crippen molar-refractivity contribution in [2.75, 3.05) is 32.8 Å². The van der Waals surface area contributed by atoms with Crippen molar-refractivity contribution in [2.45, 2.75) is 37.8 Å². The summed E-state index contributed by atoms with van der Waals surface area (Å²) in [7, 11) is 0. The third kappa shape index (κ3) is 2.72. The maximum atomic E-state index is 12.4. The summed E-state index contributed by atoms with van der Waals surface area (Å²) in [5.41, 5.74) is -1.87. The molecule has 0 saturated carbocycles. The van der Waals surface area contributed by atoms with Gasteiger partial charge in [0, 0.05) is 37.9 Å². The van der Waals surface area contributed by atoms with E-state index in [4.69, 9.17) is 4.74 Å². The number of ether oxygens (including phenoxy) is 1. The number of aryl methyl sites for hydroxylation is 1. The number of aliphatic hydroxyl groups excluding tert-OH is 2. The van der Waals surface area contributed by atoms with Crippen LogP contribution in [-0.2, 0) is 10.5 Å². The lowest BCUT2D eigenvalue weighted by Gasteiger charge is -2.41. The Morgan fingerprint density at radius 2 is 2.04 bits per heavy atom. The number of nitrogens with zero attached hydrogens (tertiary/aromatic N) is 2. The predicted molar refractivity (Wildman–Crippen MR) is 85.9 cm³/mol. The van der Waals surface area contributed by atoms with Gasteiger partial charge in [0.05, 0.1) is 12.6 Å². The second-order valence-corrected chi connectivity index (χ2v) is 6.56. The third-order valence-corrected chi connectivity index (χ3v) is 4.97. The van der Waals surface area contributed by atoms with E-state index in [-0.39, 0.29) is 6.61 Å². The average Bonchev–Trinajstić information content (AvgIpc) is 2.83. The van der Waals surface area contributed by atoms with Crippen LogP contribution in [0.3, 0.4) is 0 Å². The summed E-state index contributed by atoms with van der Waals surface area (Å²) in [6.45, 7) is 5.87. The highest BCUT2D eigenvalue weighted by atomic mass is 16.6. The second-order valence-electron chi connectivity index (χ2n) is 6.56. The quantitative estimate of drug-likeness (QED) is 0.482. The molecule has 3 rings (SSSR count). The zero-order valence-corrected chi connectivity index (χ0v) is 13.9. The first-order valence-electron chi connectivity index (χ1n) is 8.13. The summed E-state index contributed by atoms with van der Waals surface area (Å²) in [6.07, 6.45) is -0.297. The molecule has 2 aliphatic heterocycles. The standard InChI is InChI=1S/C15H24N4O5/c1-9-7-19(14(23)17-13(9)22)15(2)12(11(21)10(8-20)24-15)18-5-3-16-4-6-18/h7,10-12,16,20-21H,3-6,8H2,1-2H3,(H,17,22,23)/t10-,11-,12?,15-/m1/s1. The van der Waals surface area contributed by atoms with Crippen molar-refractivity contribution in [1.82, 2.24) is 19.8 Å². The van der Waals surface area contributed by atoms with Crippen LogP contribution in [0.25, 0.3) is 0 Å². The van der Waals surface area contributed by atoms with Crippen LogP contribution in [0.5, 0.6) is 0 Å². The lowest BCUT2D eigenvalue weighted by molar-refractivity contribution is -0.127. The Balaban J connectivity index is 2.09. The third-order valence-electron chi connectivity index (χ3n) is 4.97. The van der Waals surface area contributed by atoms with E-state index in [1.165, 1.54) is 10.8 Å². The number of aromatic amines is 1. The van der Waals surface area contributed by atoms with Crippen LogP contribution in [0.2, 0.25) is 0 Å². The number of hydrogen-bond donors (Lipinski definition) is 4. The first-order valence-corrected chi connectivity index (χ1v) is 8.13. The van der Waals surface area contributed by atoms with E-state index in [9.17, 15) is 19.8 Å². The molecular formula is C15H24N4O5. The molecule has 9 heteroatoms. The molecule has 4 N–H and O–H groups in total. The number of aromatic nitrogens is 2. The van der Waals surface area contributed by atoms with Crippen molar-refractivity contribution in [2.24, 2.45) is 0 Å². The minimum Gasteiger partial charge on any atom is -0.394 e. The van der Waals surface area contributed by atoms with E-state index in [0.29, 0.717) is 18.7 Å². The Hall–Kier alpha value is -1.52. The number of piperazine rings is 1. The van der Waals surface area contributed by atoms with Gasteiger partial charge in [-0.3, -0.25) is 19.2 Å². The number of rotatable bonds is 3. The summed E-state index contributed by atoms with van der Waals surface area (Å²) in [6, 6.07) is -0.514. The molecular weight excluding hydrogens is 316 g/mol. The molecule has 24 heavy (non-hydrogen) atoms. The Morgan fingerprint density at radius 1 is 1.38 bits per heavy atom. The van der Waals surface area contributed by atoms with Crippen LogP contribution >= 0.6 is 0 Å². The van der Waals surface area contributed by atoms with Crippen molar-refractivity contribution >= 4 is 0 Å². The Morgan fingerprint density at radius 3 is 2.67 bits per heavy atom. The van der Waals surface area contributed by atoms with Gasteiger partial charge in [-0.15, -0.1) is 0 Å².